The molecule has 0 radical (unpaired) electrons. The van der Waals surface area contributed by atoms with E-state index in [9.17, 15) is 8.42 Å². The van der Waals surface area contributed by atoms with Gasteiger partial charge in [-0.05, 0) is 52.4 Å². The van der Waals surface area contributed by atoms with E-state index in [1.165, 1.54) is 0 Å². The van der Waals surface area contributed by atoms with Crippen molar-refractivity contribution < 1.29 is 8.42 Å². The molecule has 0 amide bonds. The van der Waals surface area contributed by atoms with Gasteiger partial charge in [-0.15, -0.1) is 0 Å². The first-order valence-corrected chi connectivity index (χ1v) is 8.15. The van der Waals surface area contributed by atoms with Crippen molar-refractivity contribution >= 4 is 38.3 Å². The average molecular weight is 388 g/mol. The van der Waals surface area contributed by atoms with Gasteiger partial charge in [0, 0.05) is 15.8 Å². The Morgan fingerprint density at radius 1 is 1.11 bits per heavy atom. The third-order valence-electron chi connectivity index (χ3n) is 2.56. The molecule has 0 aromatic heterocycles. The second-order valence-electron chi connectivity index (χ2n) is 3.93. The van der Waals surface area contributed by atoms with Crippen LogP contribution in [0.1, 0.15) is 5.56 Å². The molecule has 4 nitrogen and oxygen atoms in total. The molecule has 6 heteroatoms. The van der Waals surface area contributed by atoms with Crippen molar-refractivity contribution in [1.82, 2.24) is 0 Å². The highest BCUT2D eigenvalue weighted by molar-refractivity contribution is 14.1. The summed E-state index contributed by atoms with van der Waals surface area (Å²) in [4.78, 5) is 0.219. The number of nitrogens with two attached hydrogens (primary N) is 1. The summed E-state index contributed by atoms with van der Waals surface area (Å²) in [5.41, 5.74) is 6.71. The second-order valence-corrected chi connectivity index (χ2v) is 6.82. The zero-order valence-electron chi connectivity index (χ0n) is 10.0. The molecular weight excluding hydrogens is 375 g/mol. The average Bonchev–Trinajstić information content (AvgIpc) is 2.38. The maximum atomic E-state index is 12.3. The number of rotatable bonds is 4. The van der Waals surface area contributed by atoms with E-state index in [-0.39, 0.29) is 11.4 Å². The lowest BCUT2D eigenvalue weighted by Crippen LogP contribution is -2.16. The van der Waals surface area contributed by atoms with Crippen LogP contribution in [-0.4, -0.2) is 8.42 Å². The predicted octanol–water partition coefficient (Wildman–Crippen LogP) is 2.55. The van der Waals surface area contributed by atoms with E-state index in [4.69, 9.17) is 5.73 Å². The van der Waals surface area contributed by atoms with E-state index >= 15 is 0 Å². The highest BCUT2D eigenvalue weighted by Crippen LogP contribution is 2.20. The van der Waals surface area contributed by atoms with Gasteiger partial charge in [0.2, 0.25) is 0 Å². The summed E-state index contributed by atoms with van der Waals surface area (Å²) in [6.07, 6.45) is 0. The Bertz CT molecular complexity index is 687. The topological polar surface area (TPSA) is 72.2 Å². The van der Waals surface area contributed by atoms with Gasteiger partial charge in [0.1, 0.15) is 0 Å². The van der Waals surface area contributed by atoms with Gasteiger partial charge in [0.25, 0.3) is 10.0 Å². The largest absolute Gasteiger partial charge is 0.326 e. The molecule has 0 aliphatic carbocycles. The summed E-state index contributed by atoms with van der Waals surface area (Å²) in [6.45, 7) is 0.184. The van der Waals surface area contributed by atoms with E-state index in [1.54, 1.807) is 42.5 Å². The van der Waals surface area contributed by atoms with Gasteiger partial charge in [-0.25, -0.2) is 8.42 Å². The van der Waals surface area contributed by atoms with Crippen LogP contribution in [-0.2, 0) is 16.6 Å². The molecule has 2 rings (SSSR count). The quantitative estimate of drug-likeness (QED) is 0.791. The van der Waals surface area contributed by atoms with Crippen molar-refractivity contribution in [3.8, 4) is 0 Å². The number of halogens is 1. The maximum Gasteiger partial charge on any atom is 0.262 e. The van der Waals surface area contributed by atoms with Crippen molar-refractivity contribution in [3.05, 3.63) is 57.7 Å². The third-order valence-corrected chi connectivity index (χ3v) is 4.71. The molecule has 0 heterocycles. The number of sulfonamides is 1. The number of hydrogen-bond acceptors (Lipinski definition) is 3. The van der Waals surface area contributed by atoms with Crippen LogP contribution < -0.4 is 10.5 Å². The molecule has 0 fully saturated rings. The molecule has 0 atom stereocenters. The minimum Gasteiger partial charge on any atom is -0.326 e. The minimum atomic E-state index is -3.61. The van der Waals surface area contributed by atoms with E-state index in [1.807, 2.05) is 6.07 Å². The normalized spacial score (nSPS) is 11.3. The molecule has 0 unspecified atom stereocenters. The van der Waals surface area contributed by atoms with Crippen LogP contribution in [0, 0.1) is 3.57 Å². The number of benzene rings is 2. The second kappa shape index (κ2) is 5.89. The molecular formula is C13H13IN2O2S. The number of nitrogens with one attached hydrogen (secondary N) is 1. The Morgan fingerprint density at radius 3 is 2.53 bits per heavy atom. The van der Waals surface area contributed by atoms with Crippen molar-refractivity contribution in [2.75, 3.05) is 4.72 Å². The molecule has 2 aromatic rings. The van der Waals surface area contributed by atoms with Crippen LogP contribution in [0.15, 0.2) is 53.4 Å². The van der Waals surface area contributed by atoms with Gasteiger partial charge in [-0.3, -0.25) is 4.72 Å². The van der Waals surface area contributed by atoms with Crippen molar-refractivity contribution in [3.63, 3.8) is 0 Å². The Labute approximate surface area is 126 Å². The van der Waals surface area contributed by atoms with Crippen LogP contribution in [0.4, 0.5) is 5.69 Å². The van der Waals surface area contributed by atoms with Gasteiger partial charge >= 0.3 is 0 Å². The molecule has 0 spiro atoms. The summed E-state index contributed by atoms with van der Waals surface area (Å²) >= 11 is 2.13. The third kappa shape index (κ3) is 3.46. The van der Waals surface area contributed by atoms with E-state index in [0.29, 0.717) is 11.3 Å². The molecule has 100 valence electrons. The fourth-order valence-corrected chi connectivity index (χ4v) is 3.54. The zero-order chi connectivity index (χ0) is 13.9. The highest BCUT2D eigenvalue weighted by Gasteiger charge is 2.17. The fraction of sp³-hybridized carbons (Fsp3) is 0.0769. The first-order chi connectivity index (χ1) is 9.03. The lowest BCUT2D eigenvalue weighted by atomic mass is 10.2. The Kier molecular flexibility index (Phi) is 4.43. The van der Waals surface area contributed by atoms with E-state index < -0.39 is 10.0 Å². The van der Waals surface area contributed by atoms with Gasteiger partial charge in [0.05, 0.1) is 4.90 Å². The van der Waals surface area contributed by atoms with Gasteiger partial charge in [-0.2, -0.15) is 0 Å². The predicted molar refractivity (Wildman–Crippen MR) is 84.3 cm³/mol. The van der Waals surface area contributed by atoms with Crippen LogP contribution in [0.2, 0.25) is 0 Å². The number of anilines is 1. The van der Waals surface area contributed by atoms with Crippen LogP contribution in [0.5, 0.6) is 0 Å². The summed E-state index contributed by atoms with van der Waals surface area (Å²) in [7, 11) is -3.61. The molecule has 0 aliphatic heterocycles. The summed E-state index contributed by atoms with van der Waals surface area (Å²) in [6, 6.07) is 13.9. The zero-order valence-corrected chi connectivity index (χ0v) is 13.0. The molecule has 0 saturated heterocycles. The first kappa shape index (κ1) is 14.3. The minimum absolute atomic E-state index is 0.184. The van der Waals surface area contributed by atoms with Gasteiger partial charge in [-0.1, -0.05) is 24.3 Å². The van der Waals surface area contributed by atoms with Crippen molar-refractivity contribution in [1.29, 1.82) is 0 Å². The molecule has 2 aromatic carbocycles. The SMILES string of the molecule is NCc1ccccc1S(=O)(=O)Nc1cccc(I)c1. The fourth-order valence-electron chi connectivity index (χ4n) is 1.70. The lowest BCUT2D eigenvalue weighted by molar-refractivity contribution is 0.600. The van der Waals surface area contributed by atoms with Crippen molar-refractivity contribution in [2.45, 2.75) is 11.4 Å². The summed E-state index contributed by atoms with van der Waals surface area (Å²) in [5, 5.41) is 0. The molecule has 0 saturated carbocycles. The van der Waals surface area contributed by atoms with Gasteiger partial charge in [0.15, 0.2) is 0 Å². The van der Waals surface area contributed by atoms with Crippen LogP contribution in [0.3, 0.4) is 0 Å². The molecule has 0 aliphatic rings. The van der Waals surface area contributed by atoms with Crippen molar-refractivity contribution in [2.24, 2.45) is 5.73 Å². The van der Waals surface area contributed by atoms with E-state index in [0.717, 1.165) is 3.57 Å². The first-order valence-electron chi connectivity index (χ1n) is 5.59. The lowest BCUT2D eigenvalue weighted by Gasteiger charge is -2.11. The summed E-state index contributed by atoms with van der Waals surface area (Å²) < 4.78 is 28.2. The Morgan fingerprint density at radius 2 is 1.84 bits per heavy atom. The smallest absolute Gasteiger partial charge is 0.262 e. The highest BCUT2D eigenvalue weighted by atomic mass is 127. The standard InChI is InChI=1S/C13H13IN2O2S/c14-11-5-3-6-12(8-11)16-19(17,18)13-7-2-1-4-10(13)9-15/h1-8,16H,9,15H2. The maximum absolute atomic E-state index is 12.3. The Hall–Kier alpha value is -1.12. The number of hydrogen-bond donors (Lipinski definition) is 2. The van der Waals surface area contributed by atoms with E-state index in [2.05, 4.69) is 27.3 Å². The van der Waals surface area contributed by atoms with Crippen LogP contribution >= 0.6 is 22.6 Å². The molecule has 19 heavy (non-hydrogen) atoms. The summed E-state index contributed by atoms with van der Waals surface area (Å²) in [5.74, 6) is 0. The van der Waals surface area contributed by atoms with Gasteiger partial charge < -0.3 is 5.73 Å². The van der Waals surface area contributed by atoms with Crippen LogP contribution in [0.25, 0.3) is 0 Å². The molecule has 0 bridgehead atoms. The monoisotopic (exact) mass is 388 g/mol. The Balaban J connectivity index is 2.38. The molecule has 3 N–H and O–H groups in total.